The fourth-order valence-corrected chi connectivity index (χ4v) is 5.12. The summed E-state index contributed by atoms with van der Waals surface area (Å²) in [5, 5.41) is 3.10. The molecular formula is C27H38N4O2. The number of nitrogens with two attached hydrogens (primary N) is 1. The van der Waals surface area contributed by atoms with Gasteiger partial charge in [-0.15, -0.1) is 0 Å². The second kappa shape index (κ2) is 10.7. The molecule has 2 unspecified atom stereocenters. The van der Waals surface area contributed by atoms with Crippen molar-refractivity contribution in [3.05, 3.63) is 48.2 Å². The molecule has 1 aromatic carbocycles. The van der Waals surface area contributed by atoms with Crippen LogP contribution in [-0.4, -0.2) is 54.2 Å². The lowest BCUT2D eigenvalue weighted by Crippen LogP contribution is -2.48. The number of hydrogen-bond acceptors (Lipinski definition) is 5. The summed E-state index contributed by atoms with van der Waals surface area (Å²) >= 11 is 0. The number of anilines is 1. The highest BCUT2D eigenvalue weighted by atomic mass is 16.5. The average Bonchev–Trinajstić information content (AvgIpc) is 3.40. The molecule has 2 aromatic rings. The first kappa shape index (κ1) is 23.7. The molecule has 2 aliphatic heterocycles. The number of aromatic nitrogens is 1. The van der Waals surface area contributed by atoms with Crippen LogP contribution in [0.2, 0.25) is 0 Å². The molecular weight excluding hydrogens is 412 g/mol. The van der Waals surface area contributed by atoms with Gasteiger partial charge in [0, 0.05) is 30.9 Å². The zero-order valence-corrected chi connectivity index (χ0v) is 18.7. The molecule has 3 heterocycles. The Morgan fingerprint density at radius 1 is 1.03 bits per heavy atom. The Hall–Kier alpha value is -2.44. The maximum absolute atomic E-state index is 12.5. The lowest BCUT2D eigenvalue weighted by atomic mass is 9.95. The van der Waals surface area contributed by atoms with E-state index in [9.17, 15) is 4.79 Å². The quantitative estimate of drug-likeness (QED) is 0.723. The minimum atomic E-state index is -0.116. The molecule has 33 heavy (non-hydrogen) atoms. The van der Waals surface area contributed by atoms with Crippen LogP contribution in [0.15, 0.2) is 42.6 Å². The van der Waals surface area contributed by atoms with Gasteiger partial charge in [-0.1, -0.05) is 57.0 Å². The number of likely N-dealkylation sites (tertiary alicyclic amines) is 1. The van der Waals surface area contributed by atoms with E-state index in [1.54, 1.807) is 6.20 Å². The summed E-state index contributed by atoms with van der Waals surface area (Å²) in [5.74, 6) is 2.34. The van der Waals surface area contributed by atoms with Crippen molar-refractivity contribution in [3.63, 3.8) is 0 Å². The number of pyridine rings is 1. The van der Waals surface area contributed by atoms with E-state index in [0.29, 0.717) is 5.56 Å². The molecule has 0 spiro atoms. The zero-order valence-electron chi connectivity index (χ0n) is 18.7. The van der Waals surface area contributed by atoms with E-state index < -0.39 is 0 Å². The molecule has 6 nitrogen and oxygen atoms in total. The smallest absolute Gasteiger partial charge is 0.255 e. The van der Waals surface area contributed by atoms with Gasteiger partial charge in [0.15, 0.2) is 0 Å². The summed E-state index contributed by atoms with van der Waals surface area (Å²) in [5.41, 5.74) is 8.30. The molecule has 0 radical (unpaired) electrons. The number of benzene rings is 1. The topological polar surface area (TPSA) is 80.5 Å². The van der Waals surface area contributed by atoms with E-state index in [-0.39, 0.29) is 25.2 Å². The maximum Gasteiger partial charge on any atom is 0.255 e. The van der Waals surface area contributed by atoms with Gasteiger partial charge in [-0.05, 0) is 42.7 Å². The van der Waals surface area contributed by atoms with Gasteiger partial charge in [-0.2, -0.15) is 0 Å². The molecule has 2 saturated carbocycles. The highest BCUT2D eigenvalue weighted by molar-refractivity contribution is 5.99. The highest BCUT2D eigenvalue weighted by Crippen LogP contribution is 2.45. The normalized spacial score (nSPS) is 24.5. The number of piperidine rings is 1. The third-order valence-corrected chi connectivity index (χ3v) is 7.35. The summed E-state index contributed by atoms with van der Waals surface area (Å²) in [6, 6.07) is 12.8. The van der Waals surface area contributed by atoms with Crippen molar-refractivity contribution in [2.24, 2.45) is 11.8 Å². The number of fused-ring (bicyclic) bond motifs is 1. The van der Waals surface area contributed by atoms with E-state index in [0.717, 1.165) is 55.1 Å². The molecule has 6 rings (SSSR count). The van der Waals surface area contributed by atoms with E-state index in [4.69, 9.17) is 10.5 Å². The Morgan fingerprint density at radius 2 is 1.73 bits per heavy atom. The summed E-state index contributed by atoms with van der Waals surface area (Å²) in [7, 11) is 0. The number of ether oxygens (including phenoxy) is 1. The second-order valence-electron chi connectivity index (χ2n) is 9.73. The summed E-state index contributed by atoms with van der Waals surface area (Å²) in [6.45, 7) is 4.75. The van der Waals surface area contributed by atoms with Gasteiger partial charge >= 0.3 is 0 Å². The summed E-state index contributed by atoms with van der Waals surface area (Å²) < 4.78 is 5.16. The van der Waals surface area contributed by atoms with Gasteiger partial charge in [0.2, 0.25) is 0 Å². The molecule has 6 heteroatoms. The van der Waals surface area contributed by atoms with E-state index >= 15 is 0 Å². The average molecular weight is 451 g/mol. The molecule has 1 amide bonds. The van der Waals surface area contributed by atoms with Crippen LogP contribution in [0.3, 0.4) is 0 Å². The predicted octanol–water partition coefficient (Wildman–Crippen LogP) is 4.37. The molecule has 4 fully saturated rings. The van der Waals surface area contributed by atoms with Gasteiger partial charge in [-0.25, -0.2) is 4.98 Å². The molecule has 2 saturated heterocycles. The van der Waals surface area contributed by atoms with Crippen molar-refractivity contribution in [1.29, 1.82) is 0 Å². The Kier molecular flexibility index (Phi) is 7.66. The number of amides is 1. The number of nitrogens with one attached hydrogen (secondary N) is 1. The van der Waals surface area contributed by atoms with Crippen molar-refractivity contribution in [2.45, 2.75) is 58.0 Å². The lowest BCUT2D eigenvalue weighted by molar-refractivity contribution is -0.0605. The minimum absolute atomic E-state index is 0. The first-order valence-electron chi connectivity index (χ1n) is 12.1. The van der Waals surface area contributed by atoms with E-state index in [1.807, 2.05) is 36.4 Å². The van der Waals surface area contributed by atoms with Crippen LogP contribution in [0, 0.1) is 11.8 Å². The van der Waals surface area contributed by atoms with Gasteiger partial charge in [0.1, 0.15) is 5.82 Å². The molecule has 2 aliphatic carbocycles. The fraction of sp³-hybridized carbons (Fsp3) is 0.556. The van der Waals surface area contributed by atoms with Crippen molar-refractivity contribution >= 4 is 11.7 Å². The van der Waals surface area contributed by atoms with Crippen LogP contribution in [0.1, 0.15) is 56.3 Å². The predicted molar refractivity (Wildman–Crippen MR) is 133 cm³/mol. The first-order chi connectivity index (χ1) is 15.7. The van der Waals surface area contributed by atoms with Crippen LogP contribution in [-0.2, 0) is 4.74 Å². The Balaban J connectivity index is 0.000000195. The minimum Gasteiger partial charge on any atom is -0.383 e. The van der Waals surface area contributed by atoms with Gasteiger partial charge in [0.05, 0.1) is 24.8 Å². The van der Waals surface area contributed by atoms with Crippen molar-refractivity contribution < 1.29 is 9.53 Å². The molecule has 0 bridgehead atoms. The highest BCUT2D eigenvalue weighted by Gasteiger charge is 2.47. The largest absolute Gasteiger partial charge is 0.383 e. The van der Waals surface area contributed by atoms with Gasteiger partial charge < -0.3 is 15.8 Å². The number of carbonyl (C=O) groups excluding carboxylic acids is 1. The Bertz CT molecular complexity index is 915. The van der Waals surface area contributed by atoms with Crippen LogP contribution < -0.4 is 11.1 Å². The molecule has 3 N–H and O–H groups in total. The summed E-state index contributed by atoms with van der Waals surface area (Å²) in [6.07, 6.45) is 8.96. The lowest BCUT2D eigenvalue weighted by Gasteiger charge is -2.35. The van der Waals surface area contributed by atoms with Crippen LogP contribution in [0.4, 0.5) is 5.82 Å². The molecule has 178 valence electrons. The van der Waals surface area contributed by atoms with Crippen LogP contribution >= 0.6 is 0 Å². The maximum atomic E-state index is 12.5. The molecule has 4 aliphatic rings. The van der Waals surface area contributed by atoms with E-state index in [2.05, 4.69) is 15.2 Å². The third-order valence-electron chi connectivity index (χ3n) is 7.35. The summed E-state index contributed by atoms with van der Waals surface area (Å²) in [4.78, 5) is 19.3. The van der Waals surface area contributed by atoms with Gasteiger partial charge in [-0.3, -0.25) is 9.69 Å². The number of nitrogen functional groups attached to an aromatic ring is 1. The number of carbonyl (C=O) groups is 1. The van der Waals surface area contributed by atoms with Crippen molar-refractivity contribution in [2.75, 3.05) is 32.0 Å². The molecule has 1 aromatic heterocycles. The number of nitrogens with zero attached hydrogens (tertiary/aromatic N) is 2. The SMILES string of the molecule is C.C1C2CN(C3COC3)CC12.Nc1ncc(-c2ccccc2)cc1C(=O)NC1CCCCC1. The number of hydrogen-bond donors (Lipinski definition) is 2. The van der Waals surface area contributed by atoms with Gasteiger partial charge in [0.25, 0.3) is 5.91 Å². The Labute approximate surface area is 197 Å². The fourth-order valence-electron chi connectivity index (χ4n) is 5.12. The number of rotatable bonds is 4. The Morgan fingerprint density at radius 3 is 2.36 bits per heavy atom. The van der Waals surface area contributed by atoms with Crippen LogP contribution in [0.25, 0.3) is 11.1 Å². The molecule has 2 atom stereocenters. The standard InChI is InChI=1S/C18H21N3O.C8H13NO.CH4/c19-17-16(18(22)21-15-9-5-2-6-10-15)11-14(12-20-17)13-7-3-1-4-8-13;1-6-2-9(3-7(1)6)8-4-10-5-8;/h1,3-4,7-8,11-12,15H,2,5-6,9-10H2,(H2,19,20)(H,21,22);6-8H,1-5H2;1H4. The first-order valence-corrected chi connectivity index (χ1v) is 12.1. The monoisotopic (exact) mass is 450 g/mol. The third kappa shape index (κ3) is 5.74. The zero-order chi connectivity index (χ0) is 21.9. The second-order valence-corrected chi connectivity index (χ2v) is 9.73. The van der Waals surface area contributed by atoms with Crippen LogP contribution in [0.5, 0.6) is 0 Å². The van der Waals surface area contributed by atoms with Crippen molar-refractivity contribution in [1.82, 2.24) is 15.2 Å². The van der Waals surface area contributed by atoms with E-state index in [1.165, 1.54) is 38.8 Å². The van der Waals surface area contributed by atoms with Crippen molar-refractivity contribution in [3.8, 4) is 11.1 Å².